The van der Waals surface area contributed by atoms with Gasteiger partial charge >= 0.3 is 0 Å². The highest BCUT2D eigenvalue weighted by molar-refractivity contribution is 5.12. The first-order valence-electron chi connectivity index (χ1n) is 6.98. The Kier molecular flexibility index (Phi) is 7.65. The van der Waals surface area contributed by atoms with E-state index in [0.717, 1.165) is 6.54 Å². The molecule has 1 aromatic heterocycles. The largest absolute Gasteiger partial charge is 0.310 e. The van der Waals surface area contributed by atoms with Crippen LogP contribution in [0.3, 0.4) is 0 Å². The maximum atomic E-state index is 4.14. The molecule has 1 atom stereocenters. The molecule has 1 heterocycles. The lowest BCUT2D eigenvalue weighted by molar-refractivity contribution is 0.526. The number of unbranched alkanes of at least 4 members (excludes halogenated alkanes) is 5. The summed E-state index contributed by atoms with van der Waals surface area (Å²) in [7, 11) is 0. The van der Waals surface area contributed by atoms with E-state index < -0.39 is 0 Å². The van der Waals surface area contributed by atoms with Gasteiger partial charge in [0.05, 0.1) is 0 Å². The predicted octanol–water partition coefficient (Wildman–Crippen LogP) is 4.09. The minimum absolute atomic E-state index is 0.416. The quantitative estimate of drug-likeness (QED) is 0.651. The van der Waals surface area contributed by atoms with Crippen LogP contribution in [0.1, 0.15) is 64.0 Å². The highest BCUT2D eigenvalue weighted by Gasteiger charge is 2.02. The number of nitrogens with one attached hydrogen (secondary N) is 1. The van der Waals surface area contributed by atoms with E-state index in [9.17, 15) is 0 Å². The Balaban J connectivity index is 2.03. The van der Waals surface area contributed by atoms with Crippen LogP contribution in [-0.4, -0.2) is 11.5 Å². The molecule has 0 spiro atoms. The molecule has 0 bridgehead atoms. The number of hydrogen-bond donors (Lipinski definition) is 1. The minimum atomic E-state index is 0.416. The Labute approximate surface area is 106 Å². The zero-order valence-electron chi connectivity index (χ0n) is 11.3. The highest BCUT2D eigenvalue weighted by Crippen LogP contribution is 2.10. The summed E-state index contributed by atoms with van der Waals surface area (Å²) in [6, 6.07) is 4.55. The standard InChI is InChI=1S/C15H26N2/c1-3-4-5-6-7-8-12-17-14(2)15-10-9-11-16-13-15/h9-11,13-14,17H,3-8,12H2,1-2H3/t14-/m0/s1. The fourth-order valence-electron chi connectivity index (χ4n) is 1.97. The van der Waals surface area contributed by atoms with Crippen LogP contribution in [0.5, 0.6) is 0 Å². The van der Waals surface area contributed by atoms with Crippen LogP contribution in [0.25, 0.3) is 0 Å². The Morgan fingerprint density at radius 1 is 1.18 bits per heavy atom. The molecule has 2 nitrogen and oxygen atoms in total. The Morgan fingerprint density at radius 2 is 1.94 bits per heavy atom. The molecule has 1 rings (SSSR count). The molecule has 17 heavy (non-hydrogen) atoms. The monoisotopic (exact) mass is 234 g/mol. The third kappa shape index (κ3) is 6.42. The van der Waals surface area contributed by atoms with Crippen molar-refractivity contribution in [3.8, 4) is 0 Å². The molecule has 0 saturated heterocycles. The van der Waals surface area contributed by atoms with Gasteiger partial charge in [-0.3, -0.25) is 4.98 Å². The topological polar surface area (TPSA) is 24.9 Å². The molecule has 1 aromatic rings. The van der Waals surface area contributed by atoms with Crippen molar-refractivity contribution in [2.75, 3.05) is 6.54 Å². The first kappa shape index (κ1) is 14.2. The second-order valence-electron chi connectivity index (χ2n) is 4.73. The zero-order chi connectivity index (χ0) is 12.3. The van der Waals surface area contributed by atoms with E-state index >= 15 is 0 Å². The number of hydrogen-bond acceptors (Lipinski definition) is 2. The lowest BCUT2D eigenvalue weighted by atomic mass is 10.1. The summed E-state index contributed by atoms with van der Waals surface area (Å²) >= 11 is 0. The van der Waals surface area contributed by atoms with E-state index in [1.54, 1.807) is 0 Å². The Bertz CT molecular complexity index is 272. The van der Waals surface area contributed by atoms with Gasteiger partial charge < -0.3 is 5.32 Å². The van der Waals surface area contributed by atoms with Crippen molar-refractivity contribution >= 4 is 0 Å². The van der Waals surface area contributed by atoms with Crippen LogP contribution >= 0.6 is 0 Å². The van der Waals surface area contributed by atoms with E-state index in [2.05, 4.69) is 30.2 Å². The number of rotatable bonds is 9. The predicted molar refractivity (Wildman–Crippen MR) is 74.0 cm³/mol. The van der Waals surface area contributed by atoms with Crippen molar-refractivity contribution in [1.29, 1.82) is 0 Å². The minimum Gasteiger partial charge on any atom is -0.310 e. The molecule has 1 N–H and O–H groups in total. The average molecular weight is 234 g/mol. The summed E-state index contributed by atoms with van der Waals surface area (Å²) in [6.45, 7) is 5.58. The van der Waals surface area contributed by atoms with Gasteiger partial charge in [-0.1, -0.05) is 45.1 Å². The molecule has 0 unspecified atom stereocenters. The molecule has 0 aliphatic carbocycles. The van der Waals surface area contributed by atoms with Crippen LogP contribution < -0.4 is 5.32 Å². The van der Waals surface area contributed by atoms with Crippen LogP contribution in [0.4, 0.5) is 0 Å². The van der Waals surface area contributed by atoms with Crippen LogP contribution in [0.2, 0.25) is 0 Å². The van der Waals surface area contributed by atoms with E-state index in [-0.39, 0.29) is 0 Å². The molecular formula is C15H26N2. The van der Waals surface area contributed by atoms with Crippen LogP contribution in [-0.2, 0) is 0 Å². The summed E-state index contributed by atoms with van der Waals surface area (Å²) < 4.78 is 0. The smallest absolute Gasteiger partial charge is 0.0315 e. The van der Waals surface area contributed by atoms with Crippen LogP contribution in [0, 0.1) is 0 Å². The first-order valence-corrected chi connectivity index (χ1v) is 6.98. The van der Waals surface area contributed by atoms with Crippen molar-refractivity contribution in [2.24, 2.45) is 0 Å². The third-order valence-corrected chi connectivity index (χ3v) is 3.17. The maximum absolute atomic E-state index is 4.14. The Hall–Kier alpha value is -0.890. The normalized spacial score (nSPS) is 12.6. The molecule has 0 aliphatic rings. The molecule has 0 aliphatic heterocycles. The van der Waals surface area contributed by atoms with Gasteiger partial charge in [0.2, 0.25) is 0 Å². The molecule has 96 valence electrons. The molecule has 0 fully saturated rings. The molecule has 0 aromatic carbocycles. The summed E-state index contributed by atoms with van der Waals surface area (Å²) in [6.07, 6.45) is 11.9. The van der Waals surface area contributed by atoms with Crippen molar-refractivity contribution in [3.05, 3.63) is 30.1 Å². The molecule has 0 amide bonds. The van der Waals surface area contributed by atoms with Crippen molar-refractivity contribution in [1.82, 2.24) is 10.3 Å². The van der Waals surface area contributed by atoms with Crippen molar-refractivity contribution in [3.63, 3.8) is 0 Å². The van der Waals surface area contributed by atoms with E-state index in [1.165, 1.54) is 44.1 Å². The number of pyridine rings is 1. The SMILES string of the molecule is CCCCCCCCN[C@@H](C)c1cccnc1. The second-order valence-corrected chi connectivity index (χ2v) is 4.73. The highest BCUT2D eigenvalue weighted by atomic mass is 14.9. The third-order valence-electron chi connectivity index (χ3n) is 3.17. The lowest BCUT2D eigenvalue weighted by Gasteiger charge is -2.13. The molecule has 2 heteroatoms. The average Bonchev–Trinajstić information content (AvgIpc) is 2.38. The zero-order valence-corrected chi connectivity index (χ0v) is 11.3. The van der Waals surface area contributed by atoms with Gasteiger partial charge in [0.25, 0.3) is 0 Å². The summed E-state index contributed by atoms with van der Waals surface area (Å²) in [5.74, 6) is 0. The summed E-state index contributed by atoms with van der Waals surface area (Å²) in [4.78, 5) is 4.14. The van der Waals surface area contributed by atoms with Gasteiger partial charge in [0.15, 0.2) is 0 Å². The molecule has 0 radical (unpaired) electrons. The van der Waals surface area contributed by atoms with Gasteiger partial charge in [-0.15, -0.1) is 0 Å². The van der Waals surface area contributed by atoms with E-state index in [0.29, 0.717) is 6.04 Å². The number of nitrogens with zero attached hydrogens (tertiary/aromatic N) is 1. The summed E-state index contributed by atoms with van der Waals surface area (Å²) in [5, 5.41) is 3.55. The molecular weight excluding hydrogens is 208 g/mol. The lowest BCUT2D eigenvalue weighted by Crippen LogP contribution is -2.19. The van der Waals surface area contributed by atoms with Crippen LogP contribution in [0.15, 0.2) is 24.5 Å². The van der Waals surface area contributed by atoms with E-state index in [4.69, 9.17) is 0 Å². The van der Waals surface area contributed by atoms with Gasteiger partial charge in [-0.2, -0.15) is 0 Å². The van der Waals surface area contributed by atoms with Crippen molar-refractivity contribution in [2.45, 2.75) is 58.4 Å². The van der Waals surface area contributed by atoms with Gasteiger partial charge in [0.1, 0.15) is 0 Å². The molecule has 0 saturated carbocycles. The van der Waals surface area contributed by atoms with Gasteiger partial charge in [0, 0.05) is 18.4 Å². The van der Waals surface area contributed by atoms with E-state index in [1.807, 2.05) is 18.5 Å². The fraction of sp³-hybridized carbons (Fsp3) is 0.667. The van der Waals surface area contributed by atoms with Gasteiger partial charge in [-0.25, -0.2) is 0 Å². The first-order chi connectivity index (χ1) is 8.34. The van der Waals surface area contributed by atoms with Gasteiger partial charge in [-0.05, 0) is 31.5 Å². The fourth-order valence-corrected chi connectivity index (χ4v) is 1.97. The van der Waals surface area contributed by atoms with Crippen molar-refractivity contribution < 1.29 is 0 Å². The summed E-state index contributed by atoms with van der Waals surface area (Å²) in [5.41, 5.74) is 1.28. The second kappa shape index (κ2) is 9.17. The Morgan fingerprint density at radius 3 is 2.65 bits per heavy atom. The number of aromatic nitrogens is 1. The maximum Gasteiger partial charge on any atom is 0.0315 e.